The number of hydrogen-bond acceptors (Lipinski definition) is 2. The standard InChI is InChI=1S/C13H18BrNO/c14-12-9-10(4-3-6-15)8-11-5-1-2-7-16-13(11)12/h8-9H,1-7,15H2. The fourth-order valence-corrected chi connectivity index (χ4v) is 2.77. The van der Waals surface area contributed by atoms with Crippen molar-refractivity contribution in [1.29, 1.82) is 0 Å². The lowest BCUT2D eigenvalue weighted by Gasteiger charge is -2.11. The Bertz CT molecular complexity index is 365. The number of nitrogens with two attached hydrogens (primary N) is 1. The molecule has 0 spiro atoms. The Balaban J connectivity index is 2.24. The van der Waals surface area contributed by atoms with Crippen LogP contribution in [0.3, 0.4) is 0 Å². The summed E-state index contributed by atoms with van der Waals surface area (Å²) in [4.78, 5) is 0. The van der Waals surface area contributed by atoms with E-state index in [0.29, 0.717) is 0 Å². The van der Waals surface area contributed by atoms with Crippen LogP contribution in [-0.4, -0.2) is 13.2 Å². The first-order chi connectivity index (χ1) is 7.81. The Kier molecular flexibility index (Phi) is 4.24. The van der Waals surface area contributed by atoms with E-state index in [0.717, 1.165) is 49.1 Å². The van der Waals surface area contributed by atoms with Gasteiger partial charge in [0.05, 0.1) is 11.1 Å². The minimum atomic E-state index is 0.755. The van der Waals surface area contributed by atoms with Gasteiger partial charge in [0, 0.05) is 0 Å². The Morgan fingerprint density at radius 3 is 3.00 bits per heavy atom. The molecule has 0 atom stereocenters. The molecular weight excluding hydrogens is 266 g/mol. The molecule has 0 aromatic heterocycles. The highest BCUT2D eigenvalue weighted by Crippen LogP contribution is 2.34. The Hall–Kier alpha value is -0.540. The molecule has 0 saturated carbocycles. The van der Waals surface area contributed by atoms with E-state index in [9.17, 15) is 0 Å². The van der Waals surface area contributed by atoms with Gasteiger partial charge in [-0.3, -0.25) is 0 Å². The molecular formula is C13H18BrNO. The lowest BCUT2D eigenvalue weighted by atomic mass is 10.0. The van der Waals surface area contributed by atoms with Crippen LogP contribution in [0.15, 0.2) is 16.6 Å². The average Bonchev–Trinajstić information content (AvgIpc) is 2.51. The lowest BCUT2D eigenvalue weighted by Crippen LogP contribution is -2.01. The number of aryl methyl sites for hydroxylation is 2. The van der Waals surface area contributed by atoms with E-state index in [2.05, 4.69) is 28.1 Å². The summed E-state index contributed by atoms with van der Waals surface area (Å²) in [5.41, 5.74) is 8.25. The molecule has 16 heavy (non-hydrogen) atoms. The normalized spacial score (nSPS) is 15.1. The minimum absolute atomic E-state index is 0.755. The minimum Gasteiger partial charge on any atom is -0.492 e. The first kappa shape index (κ1) is 11.9. The SMILES string of the molecule is NCCCc1cc(Br)c2c(c1)CCCCO2. The van der Waals surface area contributed by atoms with E-state index in [-0.39, 0.29) is 0 Å². The van der Waals surface area contributed by atoms with E-state index in [1.807, 2.05) is 0 Å². The molecule has 1 aromatic rings. The molecule has 2 rings (SSSR count). The molecule has 0 fully saturated rings. The van der Waals surface area contributed by atoms with Crippen molar-refractivity contribution in [3.63, 3.8) is 0 Å². The zero-order chi connectivity index (χ0) is 11.4. The molecule has 1 aromatic carbocycles. The molecule has 0 saturated heterocycles. The predicted octanol–water partition coefficient (Wildman–Crippen LogP) is 3.06. The molecule has 1 aliphatic rings. The number of rotatable bonds is 3. The van der Waals surface area contributed by atoms with Gasteiger partial charge in [-0.1, -0.05) is 6.07 Å². The van der Waals surface area contributed by atoms with Gasteiger partial charge in [-0.2, -0.15) is 0 Å². The van der Waals surface area contributed by atoms with Crippen LogP contribution in [0.5, 0.6) is 5.75 Å². The van der Waals surface area contributed by atoms with Crippen molar-refractivity contribution in [2.75, 3.05) is 13.2 Å². The first-order valence-corrected chi connectivity index (χ1v) is 6.74. The molecule has 88 valence electrons. The van der Waals surface area contributed by atoms with Crippen LogP contribution in [0.4, 0.5) is 0 Å². The van der Waals surface area contributed by atoms with Gasteiger partial charge < -0.3 is 10.5 Å². The van der Waals surface area contributed by atoms with E-state index in [1.165, 1.54) is 17.5 Å². The van der Waals surface area contributed by atoms with E-state index >= 15 is 0 Å². The quantitative estimate of drug-likeness (QED) is 0.926. The van der Waals surface area contributed by atoms with E-state index in [1.54, 1.807) is 0 Å². The van der Waals surface area contributed by atoms with Crippen molar-refractivity contribution < 1.29 is 4.74 Å². The Morgan fingerprint density at radius 2 is 2.19 bits per heavy atom. The highest BCUT2D eigenvalue weighted by molar-refractivity contribution is 9.10. The van der Waals surface area contributed by atoms with Crippen LogP contribution in [0.25, 0.3) is 0 Å². The zero-order valence-corrected chi connectivity index (χ0v) is 11.1. The van der Waals surface area contributed by atoms with Crippen LogP contribution in [0, 0.1) is 0 Å². The van der Waals surface area contributed by atoms with Gasteiger partial charge in [-0.15, -0.1) is 0 Å². The van der Waals surface area contributed by atoms with Crippen molar-refractivity contribution in [3.8, 4) is 5.75 Å². The summed E-state index contributed by atoms with van der Waals surface area (Å²) >= 11 is 3.60. The number of halogens is 1. The third-order valence-electron chi connectivity index (χ3n) is 2.94. The maximum absolute atomic E-state index is 5.77. The Morgan fingerprint density at radius 1 is 1.31 bits per heavy atom. The highest BCUT2D eigenvalue weighted by atomic mass is 79.9. The van der Waals surface area contributed by atoms with Gasteiger partial charge in [-0.25, -0.2) is 0 Å². The fourth-order valence-electron chi connectivity index (χ4n) is 2.10. The smallest absolute Gasteiger partial charge is 0.136 e. The average molecular weight is 284 g/mol. The van der Waals surface area contributed by atoms with E-state index in [4.69, 9.17) is 10.5 Å². The van der Waals surface area contributed by atoms with E-state index < -0.39 is 0 Å². The summed E-state index contributed by atoms with van der Waals surface area (Å²) in [7, 11) is 0. The summed E-state index contributed by atoms with van der Waals surface area (Å²) in [5, 5.41) is 0. The molecule has 3 heteroatoms. The molecule has 2 nitrogen and oxygen atoms in total. The van der Waals surface area contributed by atoms with Crippen LogP contribution >= 0.6 is 15.9 Å². The third kappa shape index (κ3) is 2.77. The number of hydrogen-bond donors (Lipinski definition) is 1. The molecule has 0 radical (unpaired) electrons. The largest absolute Gasteiger partial charge is 0.492 e. The summed E-state index contributed by atoms with van der Waals surface area (Å²) in [5.74, 6) is 1.05. The van der Waals surface area contributed by atoms with Gasteiger partial charge in [0.2, 0.25) is 0 Å². The van der Waals surface area contributed by atoms with Crippen LogP contribution in [0.2, 0.25) is 0 Å². The summed E-state index contributed by atoms with van der Waals surface area (Å²) in [6, 6.07) is 4.45. The molecule has 1 aliphatic heterocycles. The second-order valence-electron chi connectivity index (χ2n) is 4.26. The van der Waals surface area contributed by atoms with Crippen molar-refractivity contribution in [2.45, 2.75) is 32.1 Å². The van der Waals surface area contributed by atoms with Gasteiger partial charge >= 0.3 is 0 Å². The first-order valence-electron chi connectivity index (χ1n) is 5.95. The summed E-state index contributed by atoms with van der Waals surface area (Å²) in [6.45, 7) is 1.60. The topological polar surface area (TPSA) is 35.2 Å². The third-order valence-corrected chi connectivity index (χ3v) is 3.53. The van der Waals surface area contributed by atoms with Gasteiger partial charge in [0.15, 0.2) is 0 Å². The summed E-state index contributed by atoms with van der Waals surface area (Å²) in [6.07, 6.45) is 5.61. The molecule has 0 aliphatic carbocycles. The maximum Gasteiger partial charge on any atom is 0.136 e. The van der Waals surface area contributed by atoms with Gasteiger partial charge in [0.25, 0.3) is 0 Å². The molecule has 0 unspecified atom stereocenters. The van der Waals surface area contributed by atoms with Crippen molar-refractivity contribution in [2.24, 2.45) is 5.73 Å². The van der Waals surface area contributed by atoms with Crippen LogP contribution < -0.4 is 10.5 Å². The van der Waals surface area contributed by atoms with Crippen molar-refractivity contribution >= 4 is 15.9 Å². The number of benzene rings is 1. The molecule has 2 N–H and O–H groups in total. The number of ether oxygens (including phenoxy) is 1. The van der Waals surface area contributed by atoms with Gasteiger partial charge in [-0.05, 0) is 71.8 Å². The summed E-state index contributed by atoms with van der Waals surface area (Å²) < 4.78 is 6.86. The maximum atomic E-state index is 5.77. The highest BCUT2D eigenvalue weighted by Gasteiger charge is 2.13. The number of fused-ring (bicyclic) bond motifs is 1. The zero-order valence-electron chi connectivity index (χ0n) is 9.47. The monoisotopic (exact) mass is 283 g/mol. The molecule has 0 amide bonds. The van der Waals surface area contributed by atoms with Crippen LogP contribution in [0.1, 0.15) is 30.4 Å². The molecule has 0 bridgehead atoms. The predicted molar refractivity (Wildman–Crippen MR) is 70.0 cm³/mol. The van der Waals surface area contributed by atoms with Crippen molar-refractivity contribution in [3.05, 3.63) is 27.7 Å². The Labute approximate surface area is 105 Å². The van der Waals surface area contributed by atoms with Crippen molar-refractivity contribution in [1.82, 2.24) is 0 Å². The van der Waals surface area contributed by atoms with Crippen LogP contribution in [-0.2, 0) is 12.8 Å². The second kappa shape index (κ2) is 5.69. The lowest BCUT2D eigenvalue weighted by molar-refractivity contribution is 0.315. The second-order valence-corrected chi connectivity index (χ2v) is 5.12. The van der Waals surface area contributed by atoms with Gasteiger partial charge in [0.1, 0.15) is 5.75 Å². The molecule has 1 heterocycles. The fraction of sp³-hybridized carbons (Fsp3) is 0.538.